The molecule has 0 saturated heterocycles. The Kier molecular flexibility index (Phi) is 3.76. The average molecular weight is 227 g/mol. The average Bonchev–Trinajstić information content (AvgIpc) is 2.73. The van der Waals surface area contributed by atoms with E-state index < -0.39 is 0 Å². The van der Waals surface area contributed by atoms with Crippen LogP contribution in [0.1, 0.15) is 24.7 Å². The van der Waals surface area contributed by atoms with Crippen molar-refractivity contribution in [3.63, 3.8) is 0 Å². The van der Waals surface area contributed by atoms with Gasteiger partial charge in [-0.1, -0.05) is 43.8 Å². The fraction of sp³-hybridized carbons (Fsp3) is 0.267. The Balaban J connectivity index is 2.24. The molecule has 0 bridgehead atoms. The quantitative estimate of drug-likeness (QED) is 0.695. The van der Waals surface area contributed by atoms with Gasteiger partial charge in [-0.3, -0.25) is 0 Å². The molecular weight excluding hydrogens is 208 g/mol. The largest absolute Gasteiger partial charge is 0.281 e. The van der Waals surface area contributed by atoms with Gasteiger partial charge in [0.1, 0.15) is 18.9 Å². The Labute approximate surface area is 103 Å². The van der Waals surface area contributed by atoms with Crippen LogP contribution in [-0.4, -0.2) is 4.57 Å². The maximum atomic E-state index is 3.91. The fourth-order valence-electron chi connectivity index (χ4n) is 2.06. The zero-order valence-corrected chi connectivity index (χ0v) is 10.3. The van der Waals surface area contributed by atoms with E-state index in [-0.39, 0.29) is 0 Å². The summed E-state index contributed by atoms with van der Waals surface area (Å²) in [7, 11) is 0. The van der Waals surface area contributed by atoms with Crippen molar-refractivity contribution in [2.24, 2.45) is 0 Å². The molecule has 2 nitrogen and oxygen atoms in total. The molecule has 2 rings (SSSR count). The van der Waals surface area contributed by atoms with Crippen molar-refractivity contribution in [2.45, 2.75) is 26.4 Å². The van der Waals surface area contributed by atoms with Crippen molar-refractivity contribution in [1.29, 1.82) is 0 Å². The molecule has 2 aromatic rings. The third kappa shape index (κ3) is 2.64. The summed E-state index contributed by atoms with van der Waals surface area (Å²) < 4.78 is 4.48. The van der Waals surface area contributed by atoms with Gasteiger partial charge in [-0.05, 0) is 12.0 Å². The van der Waals surface area contributed by atoms with Gasteiger partial charge in [-0.15, -0.1) is 0 Å². The van der Waals surface area contributed by atoms with Crippen molar-refractivity contribution >= 4 is 6.08 Å². The first kappa shape index (κ1) is 11.6. The van der Waals surface area contributed by atoms with Gasteiger partial charge in [-0.2, -0.15) is 0 Å². The summed E-state index contributed by atoms with van der Waals surface area (Å²) in [5, 5.41) is 0. The number of nitrogens with zero attached hydrogens (tertiary/aromatic N) is 2. The van der Waals surface area contributed by atoms with E-state index in [1.807, 2.05) is 12.1 Å². The molecule has 0 fully saturated rings. The standard InChI is InChI=1S/C15H19N2/c1-3-10-16-11-12-17(15(16)4-2)13-14-8-6-5-7-9-14/h4-9,11-12H,2-3,10,13H2,1H3/q+1. The topological polar surface area (TPSA) is 8.81 Å². The molecule has 1 aromatic heterocycles. The molecule has 0 unspecified atom stereocenters. The first-order valence-corrected chi connectivity index (χ1v) is 6.10. The maximum absolute atomic E-state index is 3.91. The highest BCUT2D eigenvalue weighted by atomic mass is 15.1. The third-order valence-corrected chi connectivity index (χ3v) is 2.86. The summed E-state index contributed by atoms with van der Waals surface area (Å²) in [5.74, 6) is 1.18. The Morgan fingerprint density at radius 2 is 2.06 bits per heavy atom. The van der Waals surface area contributed by atoms with E-state index >= 15 is 0 Å². The Bertz CT molecular complexity index is 483. The smallest absolute Gasteiger partial charge is 0.231 e. The normalized spacial score (nSPS) is 10.4. The highest BCUT2D eigenvalue weighted by Crippen LogP contribution is 2.03. The summed E-state index contributed by atoms with van der Waals surface area (Å²) in [6.07, 6.45) is 7.32. The molecule has 0 atom stereocenters. The van der Waals surface area contributed by atoms with Crippen LogP contribution in [0, 0.1) is 0 Å². The van der Waals surface area contributed by atoms with Crippen LogP contribution in [0.4, 0.5) is 0 Å². The molecule has 1 heterocycles. The highest BCUT2D eigenvalue weighted by Gasteiger charge is 2.12. The lowest BCUT2D eigenvalue weighted by Crippen LogP contribution is -2.36. The molecule has 2 heteroatoms. The second-order valence-electron chi connectivity index (χ2n) is 4.17. The van der Waals surface area contributed by atoms with Crippen LogP contribution < -0.4 is 4.57 Å². The summed E-state index contributed by atoms with van der Waals surface area (Å²) in [5.41, 5.74) is 1.31. The van der Waals surface area contributed by atoms with Gasteiger partial charge < -0.3 is 0 Å². The minimum atomic E-state index is 0.902. The SMILES string of the molecule is C=Cc1n(CCC)cc[n+]1Cc1ccccc1. The van der Waals surface area contributed by atoms with Crippen molar-refractivity contribution < 1.29 is 4.57 Å². The van der Waals surface area contributed by atoms with Gasteiger partial charge >= 0.3 is 0 Å². The molecule has 0 aliphatic heterocycles. The van der Waals surface area contributed by atoms with E-state index in [2.05, 4.69) is 59.3 Å². The minimum Gasteiger partial charge on any atom is -0.231 e. The number of aryl methyl sites for hydroxylation is 1. The highest BCUT2D eigenvalue weighted by molar-refractivity contribution is 5.33. The van der Waals surface area contributed by atoms with E-state index in [1.165, 1.54) is 11.4 Å². The van der Waals surface area contributed by atoms with Gasteiger partial charge in [0.2, 0.25) is 0 Å². The predicted octanol–water partition coefficient (Wildman–Crippen LogP) is 2.88. The van der Waals surface area contributed by atoms with Crippen molar-refractivity contribution in [3.8, 4) is 0 Å². The third-order valence-electron chi connectivity index (χ3n) is 2.86. The lowest BCUT2D eigenvalue weighted by Gasteiger charge is -2.01. The van der Waals surface area contributed by atoms with Gasteiger partial charge in [0.25, 0.3) is 5.82 Å². The number of hydrogen-bond acceptors (Lipinski definition) is 0. The Morgan fingerprint density at radius 1 is 1.29 bits per heavy atom. The lowest BCUT2D eigenvalue weighted by molar-refractivity contribution is -0.689. The summed E-state index contributed by atoms with van der Waals surface area (Å²) in [6, 6.07) is 10.5. The van der Waals surface area contributed by atoms with Crippen LogP contribution in [0.2, 0.25) is 0 Å². The Morgan fingerprint density at radius 3 is 2.71 bits per heavy atom. The van der Waals surface area contributed by atoms with Crippen molar-refractivity contribution in [3.05, 3.63) is 60.7 Å². The number of rotatable bonds is 5. The second-order valence-corrected chi connectivity index (χ2v) is 4.17. The number of imidazole rings is 1. The van der Waals surface area contributed by atoms with E-state index in [4.69, 9.17) is 0 Å². The van der Waals surface area contributed by atoms with Crippen LogP contribution in [-0.2, 0) is 13.1 Å². The number of aromatic nitrogens is 2. The van der Waals surface area contributed by atoms with E-state index in [0.717, 1.165) is 19.5 Å². The molecule has 0 aliphatic rings. The van der Waals surface area contributed by atoms with Gasteiger partial charge in [0.15, 0.2) is 0 Å². The van der Waals surface area contributed by atoms with Crippen LogP contribution in [0.25, 0.3) is 6.08 Å². The molecule has 0 N–H and O–H groups in total. The van der Waals surface area contributed by atoms with Crippen LogP contribution in [0.5, 0.6) is 0 Å². The zero-order chi connectivity index (χ0) is 12.1. The molecule has 0 radical (unpaired) electrons. The molecule has 0 amide bonds. The summed E-state index contributed by atoms with van der Waals surface area (Å²) in [4.78, 5) is 0. The lowest BCUT2D eigenvalue weighted by atomic mass is 10.2. The molecule has 0 saturated carbocycles. The molecular formula is C15H19N2+. The van der Waals surface area contributed by atoms with Crippen LogP contribution >= 0.6 is 0 Å². The fourth-order valence-corrected chi connectivity index (χ4v) is 2.06. The zero-order valence-electron chi connectivity index (χ0n) is 10.3. The maximum Gasteiger partial charge on any atom is 0.281 e. The number of hydrogen-bond donors (Lipinski definition) is 0. The Hall–Kier alpha value is -1.83. The number of benzene rings is 1. The van der Waals surface area contributed by atoms with Gasteiger partial charge in [-0.25, -0.2) is 9.13 Å². The summed E-state index contributed by atoms with van der Waals surface area (Å²) in [6.45, 7) is 8.04. The molecule has 0 spiro atoms. The first-order valence-electron chi connectivity index (χ1n) is 6.10. The molecule has 17 heavy (non-hydrogen) atoms. The van der Waals surface area contributed by atoms with E-state index in [1.54, 1.807) is 0 Å². The monoisotopic (exact) mass is 227 g/mol. The van der Waals surface area contributed by atoms with E-state index in [9.17, 15) is 0 Å². The van der Waals surface area contributed by atoms with Gasteiger partial charge in [0.05, 0.1) is 6.54 Å². The van der Waals surface area contributed by atoms with Crippen molar-refractivity contribution in [2.75, 3.05) is 0 Å². The van der Waals surface area contributed by atoms with Crippen LogP contribution in [0.3, 0.4) is 0 Å². The van der Waals surface area contributed by atoms with Crippen LogP contribution in [0.15, 0.2) is 49.3 Å². The van der Waals surface area contributed by atoms with E-state index in [0.29, 0.717) is 0 Å². The second kappa shape index (κ2) is 5.48. The first-order chi connectivity index (χ1) is 8.35. The molecule has 0 aliphatic carbocycles. The summed E-state index contributed by atoms with van der Waals surface area (Å²) >= 11 is 0. The minimum absolute atomic E-state index is 0.902. The van der Waals surface area contributed by atoms with Gasteiger partial charge in [0, 0.05) is 6.08 Å². The predicted molar refractivity (Wildman–Crippen MR) is 70.6 cm³/mol. The van der Waals surface area contributed by atoms with Crippen molar-refractivity contribution in [1.82, 2.24) is 4.57 Å². The molecule has 1 aromatic carbocycles. The molecule has 88 valence electrons.